The highest BCUT2D eigenvalue weighted by Crippen LogP contribution is 2.32. The second-order valence-electron chi connectivity index (χ2n) is 11.9. The first-order valence-electron chi connectivity index (χ1n) is 15.5. The fourth-order valence-corrected chi connectivity index (χ4v) is 10.1. The molecule has 2 saturated carbocycles. The van der Waals surface area contributed by atoms with E-state index >= 15 is 0 Å². The molecule has 0 amide bonds. The molecular weight excluding hydrogens is 680 g/mol. The topological polar surface area (TPSA) is 74.8 Å². The van der Waals surface area contributed by atoms with Gasteiger partial charge in [-0.25, -0.2) is 16.8 Å². The molecule has 10 heteroatoms. The second-order valence-corrected chi connectivity index (χ2v) is 17.1. The monoisotopic (exact) mass is 718 g/mol. The van der Waals surface area contributed by atoms with Crippen molar-refractivity contribution in [1.29, 1.82) is 0 Å². The smallest absolute Gasteiger partial charge is 0.207 e. The van der Waals surface area contributed by atoms with Gasteiger partial charge in [-0.15, -0.1) is 5.73 Å². The third-order valence-corrected chi connectivity index (χ3v) is 13.6. The third-order valence-electron chi connectivity index (χ3n) is 8.80. The van der Waals surface area contributed by atoms with Gasteiger partial charge in [0, 0.05) is 36.6 Å². The van der Waals surface area contributed by atoms with Gasteiger partial charge in [-0.05, 0) is 85.2 Å². The summed E-state index contributed by atoms with van der Waals surface area (Å²) in [4.78, 5) is 0.202. The Morgan fingerprint density at radius 3 is 2.14 bits per heavy atom. The Morgan fingerprint density at radius 1 is 0.818 bits per heavy atom. The van der Waals surface area contributed by atoms with Crippen molar-refractivity contribution in [2.45, 2.75) is 86.6 Å². The van der Waals surface area contributed by atoms with Crippen molar-refractivity contribution in [2.75, 3.05) is 13.1 Å². The van der Waals surface area contributed by atoms with E-state index in [0.717, 1.165) is 67.0 Å². The van der Waals surface area contributed by atoms with Crippen LogP contribution in [0.5, 0.6) is 0 Å². The van der Waals surface area contributed by atoms with E-state index < -0.39 is 20.0 Å². The van der Waals surface area contributed by atoms with E-state index in [4.69, 9.17) is 11.6 Å². The number of hydrogen-bond donors (Lipinski definition) is 0. The van der Waals surface area contributed by atoms with Gasteiger partial charge >= 0.3 is 0 Å². The van der Waals surface area contributed by atoms with Gasteiger partial charge in [0.25, 0.3) is 0 Å². The van der Waals surface area contributed by atoms with E-state index in [0.29, 0.717) is 23.9 Å². The van der Waals surface area contributed by atoms with Crippen LogP contribution in [0.3, 0.4) is 0 Å². The summed E-state index contributed by atoms with van der Waals surface area (Å²) in [5, 5.41) is 0.598. The number of hydrogen-bond acceptors (Lipinski definition) is 4. The molecule has 2 fully saturated rings. The Morgan fingerprint density at radius 2 is 1.45 bits per heavy atom. The van der Waals surface area contributed by atoms with Crippen LogP contribution in [0.2, 0.25) is 0 Å². The Hall–Kier alpha value is -1.97. The SMILES string of the molecule is O=S(=O)(c1ccc(S(=O)(=O)N(CC2=C/C=C=C(Cl)C/C=C\2)C2CCCC2)cc1)N(Cc1ccccc1Br)CC1CCCCC1. The van der Waals surface area contributed by atoms with Gasteiger partial charge in [-0.2, -0.15) is 8.61 Å². The standard InChI is InChI=1S/C34H40BrClN2O4S2/c35-34-19-7-4-14-29(34)26-37(24-27-10-2-1-3-11-27)43(39,40)32-20-22-33(23-21-32)44(41,42)38(31-17-5-6-18-31)25-28-12-8-15-30(36)16-9-13-28/h4,7-9,12-14,19-23,27,31H,1-3,5-6,10-11,15,17-18,24-26H2/b12-8-,28-13+. The Bertz CT molecular complexity index is 1650. The molecule has 0 aliphatic heterocycles. The molecule has 5 rings (SSSR count). The van der Waals surface area contributed by atoms with E-state index in [-0.39, 0.29) is 28.9 Å². The molecule has 3 aliphatic rings. The van der Waals surface area contributed by atoms with Gasteiger partial charge < -0.3 is 0 Å². The zero-order valence-corrected chi connectivity index (χ0v) is 28.9. The zero-order valence-electron chi connectivity index (χ0n) is 24.9. The number of nitrogens with zero attached hydrogens (tertiary/aromatic N) is 2. The van der Waals surface area contributed by atoms with Crippen LogP contribution < -0.4 is 0 Å². The molecule has 2 aromatic rings. The molecule has 6 nitrogen and oxygen atoms in total. The summed E-state index contributed by atoms with van der Waals surface area (Å²) in [6, 6.07) is 13.4. The van der Waals surface area contributed by atoms with Crippen molar-refractivity contribution < 1.29 is 16.8 Å². The maximum Gasteiger partial charge on any atom is 0.243 e. The minimum atomic E-state index is -3.90. The molecule has 0 unspecified atom stereocenters. The quantitative estimate of drug-likeness (QED) is 0.219. The highest BCUT2D eigenvalue weighted by Gasteiger charge is 2.34. The minimum absolute atomic E-state index is 0.0990. The number of rotatable bonds is 11. The van der Waals surface area contributed by atoms with Crippen LogP contribution in [0.25, 0.3) is 0 Å². The maximum atomic E-state index is 14.1. The molecule has 0 spiro atoms. The summed E-state index contributed by atoms with van der Waals surface area (Å²) >= 11 is 9.68. The van der Waals surface area contributed by atoms with Crippen molar-refractivity contribution in [3.63, 3.8) is 0 Å². The summed E-state index contributed by atoms with van der Waals surface area (Å²) in [5.41, 5.74) is 4.74. The average molecular weight is 720 g/mol. The predicted octanol–water partition coefficient (Wildman–Crippen LogP) is 8.32. The Labute approximate surface area is 276 Å². The van der Waals surface area contributed by atoms with Gasteiger partial charge in [0.05, 0.1) is 14.8 Å². The van der Waals surface area contributed by atoms with Crippen molar-refractivity contribution >= 4 is 47.6 Å². The lowest BCUT2D eigenvalue weighted by atomic mass is 9.89. The molecule has 236 valence electrons. The van der Waals surface area contributed by atoms with E-state index in [1.54, 1.807) is 14.7 Å². The first-order valence-corrected chi connectivity index (χ1v) is 19.5. The highest BCUT2D eigenvalue weighted by atomic mass is 79.9. The molecule has 0 N–H and O–H groups in total. The molecule has 44 heavy (non-hydrogen) atoms. The first kappa shape index (κ1) is 33.4. The van der Waals surface area contributed by atoms with Crippen molar-refractivity contribution in [2.24, 2.45) is 5.92 Å². The molecule has 0 radical (unpaired) electrons. The van der Waals surface area contributed by atoms with Crippen LogP contribution in [0.1, 0.15) is 69.8 Å². The van der Waals surface area contributed by atoms with Crippen LogP contribution in [0.15, 0.2) is 103 Å². The molecule has 0 heterocycles. The molecule has 0 atom stereocenters. The molecule has 0 saturated heterocycles. The fourth-order valence-electron chi connectivity index (χ4n) is 6.35. The lowest BCUT2D eigenvalue weighted by Gasteiger charge is -2.30. The van der Waals surface area contributed by atoms with Crippen LogP contribution >= 0.6 is 27.5 Å². The van der Waals surface area contributed by atoms with Crippen LogP contribution in [0, 0.1) is 5.92 Å². The summed E-state index contributed by atoms with van der Waals surface area (Å²) in [6.07, 6.45) is 17.0. The summed E-state index contributed by atoms with van der Waals surface area (Å²) in [7, 11) is -7.78. The lowest BCUT2D eigenvalue weighted by Crippen LogP contribution is -2.40. The van der Waals surface area contributed by atoms with Crippen molar-refractivity contribution in [3.8, 4) is 0 Å². The van der Waals surface area contributed by atoms with Crippen LogP contribution in [-0.4, -0.2) is 44.6 Å². The number of sulfonamides is 2. The number of allylic oxidation sites excluding steroid dienone is 3. The minimum Gasteiger partial charge on any atom is -0.207 e. The Kier molecular flexibility index (Phi) is 11.4. The van der Waals surface area contributed by atoms with Gasteiger partial charge in [0.2, 0.25) is 20.0 Å². The van der Waals surface area contributed by atoms with Crippen molar-refractivity contribution in [1.82, 2.24) is 8.61 Å². The summed E-state index contributed by atoms with van der Waals surface area (Å²) in [6.45, 7) is 0.907. The molecule has 0 aromatic heterocycles. The van der Waals surface area contributed by atoms with E-state index in [1.165, 1.54) is 30.7 Å². The predicted molar refractivity (Wildman–Crippen MR) is 180 cm³/mol. The van der Waals surface area contributed by atoms with Gasteiger partial charge in [0.15, 0.2) is 0 Å². The van der Waals surface area contributed by atoms with Gasteiger partial charge in [-0.3, -0.25) is 0 Å². The third kappa shape index (κ3) is 8.24. The van der Waals surface area contributed by atoms with E-state index in [2.05, 4.69) is 21.7 Å². The zero-order chi connectivity index (χ0) is 31.2. The normalized spacial score (nSPS) is 20.7. The molecule has 0 bridgehead atoms. The van der Waals surface area contributed by atoms with Crippen molar-refractivity contribution in [3.05, 3.63) is 99.2 Å². The fraction of sp³-hybridized carbons (Fsp3) is 0.441. The van der Waals surface area contributed by atoms with Gasteiger partial charge in [0.1, 0.15) is 0 Å². The van der Waals surface area contributed by atoms with Crippen LogP contribution in [-0.2, 0) is 26.6 Å². The molecule has 3 aliphatic carbocycles. The van der Waals surface area contributed by atoms with Crippen LogP contribution in [0.4, 0.5) is 0 Å². The van der Waals surface area contributed by atoms with E-state index in [1.807, 2.05) is 42.5 Å². The largest absolute Gasteiger partial charge is 0.243 e. The summed E-state index contributed by atoms with van der Waals surface area (Å²) < 4.78 is 60.4. The molecular formula is C34H40BrClN2O4S2. The second kappa shape index (κ2) is 15.1. The van der Waals surface area contributed by atoms with E-state index in [9.17, 15) is 16.8 Å². The number of halogens is 2. The highest BCUT2D eigenvalue weighted by molar-refractivity contribution is 9.10. The Balaban J connectivity index is 1.42. The number of benzene rings is 2. The summed E-state index contributed by atoms with van der Waals surface area (Å²) in [5.74, 6) is 0.304. The maximum absolute atomic E-state index is 14.1. The molecule has 2 aromatic carbocycles. The lowest BCUT2D eigenvalue weighted by molar-refractivity contribution is 0.275. The van der Waals surface area contributed by atoms with Gasteiger partial charge in [-0.1, -0.05) is 90.0 Å². The first-order chi connectivity index (χ1) is 21.1. The average Bonchev–Trinajstić information content (AvgIpc) is 3.54.